The van der Waals surface area contributed by atoms with Gasteiger partial charge in [-0.05, 0) is 25.7 Å². The van der Waals surface area contributed by atoms with E-state index in [-0.39, 0.29) is 0 Å². The maximum absolute atomic E-state index is 10.1. The predicted molar refractivity (Wildman–Crippen MR) is 95.8 cm³/mol. The lowest BCUT2D eigenvalue weighted by Gasteiger charge is -2.25. The lowest BCUT2D eigenvalue weighted by atomic mass is 9.88. The van der Waals surface area contributed by atoms with Crippen LogP contribution in [0, 0.1) is 5.92 Å². The zero-order valence-corrected chi connectivity index (χ0v) is 15.4. The first-order valence-electron chi connectivity index (χ1n) is 9.74. The van der Waals surface area contributed by atoms with Gasteiger partial charge >= 0.3 is 0 Å². The fourth-order valence-corrected chi connectivity index (χ4v) is 3.15. The highest BCUT2D eigenvalue weighted by atomic mass is 16.3. The molecule has 0 aliphatic carbocycles. The average molecular weight is 299 g/mol. The zero-order valence-electron chi connectivity index (χ0n) is 15.4. The quantitative estimate of drug-likeness (QED) is 0.327. The van der Waals surface area contributed by atoms with E-state index in [0.29, 0.717) is 5.92 Å². The van der Waals surface area contributed by atoms with E-state index in [0.717, 1.165) is 12.8 Å². The van der Waals surface area contributed by atoms with Crippen LogP contribution in [0.15, 0.2) is 0 Å². The van der Waals surface area contributed by atoms with E-state index < -0.39 is 5.60 Å². The highest BCUT2D eigenvalue weighted by Crippen LogP contribution is 2.24. The summed E-state index contributed by atoms with van der Waals surface area (Å²) in [5, 5.41) is 10.1. The van der Waals surface area contributed by atoms with Gasteiger partial charge in [-0.2, -0.15) is 0 Å². The third-order valence-corrected chi connectivity index (χ3v) is 4.85. The number of hydrogen-bond donors (Lipinski definition) is 1. The van der Waals surface area contributed by atoms with Gasteiger partial charge in [0.25, 0.3) is 0 Å². The van der Waals surface area contributed by atoms with Crippen molar-refractivity contribution in [3.63, 3.8) is 0 Å². The molecule has 0 amide bonds. The third kappa shape index (κ3) is 14.7. The first-order valence-corrected chi connectivity index (χ1v) is 9.74. The largest absolute Gasteiger partial charge is 0.390 e. The van der Waals surface area contributed by atoms with E-state index in [1.54, 1.807) is 0 Å². The van der Waals surface area contributed by atoms with Crippen LogP contribution in [-0.4, -0.2) is 10.7 Å². The van der Waals surface area contributed by atoms with Crippen LogP contribution in [0.2, 0.25) is 0 Å². The van der Waals surface area contributed by atoms with Crippen molar-refractivity contribution in [1.29, 1.82) is 0 Å². The Bertz CT molecular complexity index is 210. The normalized spacial score (nSPS) is 15.9. The minimum absolute atomic E-state index is 0.447. The highest BCUT2D eigenvalue weighted by molar-refractivity contribution is 4.73. The minimum Gasteiger partial charge on any atom is -0.390 e. The average Bonchev–Trinajstić information content (AvgIpc) is 2.44. The zero-order chi connectivity index (χ0) is 16.0. The molecule has 0 aromatic heterocycles. The van der Waals surface area contributed by atoms with Crippen molar-refractivity contribution >= 4 is 0 Å². The Kier molecular flexibility index (Phi) is 13.6. The summed E-state index contributed by atoms with van der Waals surface area (Å²) in [6.07, 6.45) is 18.7. The van der Waals surface area contributed by atoms with Crippen molar-refractivity contribution in [1.82, 2.24) is 0 Å². The van der Waals surface area contributed by atoms with Crippen LogP contribution in [0.4, 0.5) is 0 Å². The SMILES string of the molecule is CCCCCCCCCCCCCC(C)CC(C)(O)CC. The van der Waals surface area contributed by atoms with Crippen LogP contribution < -0.4 is 0 Å². The smallest absolute Gasteiger partial charge is 0.0619 e. The third-order valence-electron chi connectivity index (χ3n) is 4.85. The molecule has 0 rings (SSSR count). The second kappa shape index (κ2) is 13.6. The first-order chi connectivity index (χ1) is 10.0. The molecular formula is C20H42O. The Labute approximate surface area is 134 Å². The molecule has 0 saturated heterocycles. The van der Waals surface area contributed by atoms with Gasteiger partial charge in [0.15, 0.2) is 0 Å². The van der Waals surface area contributed by atoms with Gasteiger partial charge in [-0.3, -0.25) is 0 Å². The van der Waals surface area contributed by atoms with Gasteiger partial charge in [-0.15, -0.1) is 0 Å². The Hall–Kier alpha value is -0.0400. The number of hydrogen-bond acceptors (Lipinski definition) is 1. The summed E-state index contributed by atoms with van der Waals surface area (Å²) < 4.78 is 0. The number of aliphatic hydroxyl groups is 1. The fourth-order valence-electron chi connectivity index (χ4n) is 3.15. The first kappa shape index (κ1) is 21.0. The van der Waals surface area contributed by atoms with Crippen molar-refractivity contribution in [2.24, 2.45) is 5.92 Å². The molecule has 0 spiro atoms. The molecule has 0 aromatic rings. The number of unbranched alkanes of at least 4 members (excludes halogenated alkanes) is 10. The van der Waals surface area contributed by atoms with E-state index in [1.807, 2.05) is 6.92 Å². The van der Waals surface area contributed by atoms with Crippen LogP contribution in [0.3, 0.4) is 0 Å². The second-order valence-corrected chi connectivity index (χ2v) is 7.48. The molecule has 0 fully saturated rings. The minimum atomic E-state index is -0.447. The summed E-state index contributed by atoms with van der Waals surface area (Å²) in [6, 6.07) is 0. The summed E-state index contributed by atoms with van der Waals surface area (Å²) in [5.41, 5.74) is -0.447. The van der Waals surface area contributed by atoms with Crippen LogP contribution in [0.1, 0.15) is 118 Å². The molecule has 0 aromatic carbocycles. The fraction of sp³-hybridized carbons (Fsp3) is 1.00. The van der Waals surface area contributed by atoms with Crippen molar-refractivity contribution in [3.8, 4) is 0 Å². The molecule has 1 N–H and O–H groups in total. The van der Waals surface area contributed by atoms with E-state index in [2.05, 4.69) is 20.8 Å². The Morgan fingerprint density at radius 1 is 0.762 bits per heavy atom. The van der Waals surface area contributed by atoms with Crippen LogP contribution in [0.5, 0.6) is 0 Å². The van der Waals surface area contributed by atoms with E-state index in [9.17, 15) is 5.11 Å². The van der Waals surface area contributed by atoms with Crippen molar-refractivity contribution in [2.45, 2.75) is 123 Å². The topological polar surface area (TPSA) is 20.2 Å². The summed E-state index contributed by atoms with van der Waals surface area (Å²) >= 11 is 0. The van der Waals surface area contributed by atoms with Gasteiger partial charge in [0.1, 0.15) is 0 Å². The number of rotatable bonds is 15. The van der Waals surface area contributed by atoms with Crippen molar-refractivity contribution in [2.75, 3.05) is 0 Å². The standard InChI is InChI=1S/C20H42O/c1-5-7-8-9-10-11-12-13-14-15-16-17-19(3)18-20(4,21)6-2/h19,21H,5-18H2,1-4H3. The lowest BCUT2D eigenvalue weighted by Crippen LogP contribution is -2.25. The molecule has 0 bridgehead atoms. The van der Waals surface area contributed by atoms with Gasteiger partial charge in [0.2, 0.25) is 0 Å². The summed E-state index contributed by atoms with van der Waals surface area (Å²) in [4.78, 5) is 0. The predicted octanol–water partition coefficient (Wildman–Crippen LogP) is 6.87. The molecule has 0 heterocycles. The maximum atomic E-state index is 10.1. The van der Waals surface area contributed by atoms with Crippen LogP contribution >= 0.6 is 0 Å². The molecule has 1 heteroatoms. The van der Waals surface area contributed by atoms with Gasteiger partial charge in [-0.25, -0.2) is 0 Å². The summed E-state index contributed by atoms with van der Waals surface area (Å²) in [6.45, 7) is 8.63. The van der Waals surface area contributed by atoms with Crippen molar-refractivity contribution < 1.29 is 5.11 Å². The molecule has 0 saturated carbocycles. The van der Waals surface area contributed by atoms with Gasteiger partial charge in [-0.1, -0.05) is 97.8 Å². The van der Waals surface area contributed by atoms with Gasteiger partial charge < -0.3 is 5.11 Å². The maximum Gasteiger partial charge on any atom is 0.0619 e. The summed E-state index contributed by atoms with van der Waals surface area (Å²) in [5.74, 6) is 0.665. The van der Waals surface area contributed by atoms with Crippen LogP contribution in [0.25, 0.3) is 0 Å². The molecular weight excluding hydrogens is 256 g/mol. The second-order valence-electron chi connectivity index (χ2n) is 7.48. The van der Waals surface area contributed by atoms with E-state index in [4.69, 9.17) is 0 Å². The molecule has 2 unspecified atom stereocenters. The highest BCUT2D eigenvalue weighted by Gasteiger charge is 2.20. The summed E-state index contributed by atoms with van der Waals surface area (Å²) in [7, 11) is 0. The Balaban J connectivity index is 3.25. The van der Waals surface area contributed by atoms with Crippen LogP contribution in [-0.2, 0) is 0 Å². The molecule has 2 atom stereocenters. The van der Waals surface area contributed by atoms with E-state index >= 15 is 0 Å². The Morgan fingerprint density at radius 2 is 1.19 bits per heavy atom. The molecule has 0 aliphatic rings. The Morgan fingerprint density at radius 3 is 1.62 bits per heavy atom. The van der Waals surface area contributed by atoms with Gasteiger partial charge in [0, 0.05) is 0 Å². The van der Waals surface area contributed by atoms with Gasteiger partial charge in [0.05, 0.1) is 5.60 Å². The monoisotopic (exact) mass is 298 g/mol. The molecule has 128 valence electrons. The molecule has 0 aliphatic heterocycles. The van der Waals surface area contributed by atoms with E-state index in [1.165, 1.54) is 77.0 Å². The lowest BCUT2D eigenvalue weighted by molar-refractivity contribution is 0.0309. The molecule has 1 nitrogen and oxygen atoms in total. The molecule has 21 heavy (non-hydrogen) atoms. The molecule has 0 radical (unpaired) electrons. The van der Waals surface area contributed by atoms with Crippen molar-refractivity contribution in [3.05, 3.63) is 0 Å².